The van der Waals surface area contributed by atoms with Crippen molar-refractivity contribution in [1.29, 1.82) is 0 Å². The van der Waals surface area contributed by atoms with Crippen molar-refractivity contribution in [3.63, 3.8) is 0 Å². The topological polar surface area (TPSA) is 65.6 Å². The van der Waals surface area contributed by atoms with E-state index in [9.17, 15) is 4.79 Å². The molecule has 2 aromatic rings. The number of benzene rings is 2. The van der Waals surface area contributed by atoms with Crippen LogP contribution in [0.25, 0.3) is 0 Å². The summed E-state index contributed by atoms with van der Waals surface area (Å²) in [6.45, 7) is 7.35. The molecule has 0 bridgehead atoms. The predicted molar refractivity (Wildman–Crippen MR) is 110 cm³/mol. The third kappa shape index (κ3) is 5.21. The molecule has 3 rings (SSSR count). The van der Waals surface area contributed by atoms with Crippen molar-refractivity contribution in [1.82, 2.24) is 10.6 Å². The molecular weight excluding hydrogens is 340 g/mol. The minimum Gasteiger partial charge on any atom is -0.492 e. The van der Waals surface area contributed by atoms with Crippen molar-refractivity contribution in [2.45, 2.75) is 6.92 Å². The number of carbonyl (C=O) groups is 1. The highest BCUT2D eigenvalue weighted by molar-refractivity contribution is 6.04. The number of anilines is 2. The Morgan fingerprint density at radius 3 is 2.56 bits per heavy atom. The number of piperazine rings is 1. The SMILES string of the molecule is CNCCOc1ccc(NC(=O)c2ccc(N3CCNCC3)cc2)c(C)c1. The van der Waals surface area contributed by atoms with Crippen LogP contribution in [0.4, 0.5) is 11.4 Å². The summed E-state index contributed by atoms with van der Waals surface area (Å²) < 4.78 is 5.66. The summed E-state index contributed by atoms with van der Waals surface area (Å²) in [5.74, 6) is 0.704. The van der Waals surface area contributed by atoms with E-state index in [1.807, 2.05) is 56.4 Å². The van der Waals surface area contributed by atoms with Gasteiger partial charge in [-0.1, -0.05) is 0 Å². The molecule has 3 N–H and O–H groups in total. The van der Waals surface area contributed by atoms with Crippen LogP contribution in [-0.2, 0) is 0 Å². The highest BCUT2D eigenvalue weighted by Crippen LogP contribution is 2.22. The summed E-state index contributed by atoms with van der Waals surface area (Å²) in [4.78, 5) is 14.9. The van der Waals surface area contributed by atoms with Crippen LogP contribution in [0.5, 0.6) is 5.75 Å². The molecule has 27 heavy (non-hydrogen) atoms. The van der Waals surface area contributed by atoms with Gasteiger partial charge in [-0.05, 0) is 62.0 Å². The lowest BCUT2D eigenvalue weighted by Crippen LogP contribution is -2.43. The zero-order valence-electron chi connectivity index (χ0n) is 16.0. The molecule has 1 fully saturated rings. The Morgan fingerprint density at radius 2 is 1.89 bits per heavy atom. The van der Waals surface area contributed by atoms with E-state index in [1.54, 1.807) is 0 Å². The molecule has 6 nitrogen and oxygen atoms in total. The van der Waals surface area contributed by atoms with Crippen LogP contribution in [0.15, 0.2) is 42.5 Å². The van der Waals surface area contributed by atoms with Gasteiger partial charge in [-0.25, -0.2) is 0 Å². The first-order valence-corrected chi connectivity index (χ1v) is 9.42. The number of nitrogens with one attached hydrogen (secondary N) is 3. The van der Waals surface area contributed by atoms with E-state index in [1.165, 1.54) is 0 Å². The van der Waals surface area contributed by atoms with Crippen molar-refractivity contribution < 1.29 is 9.53 Å². The fraction of sp³-hybridized carbons (Fsp3) is 0.381. The van der Waals surface area contributed by atoms with Gasteiger partial charge in [0.1, 0.15) is 12.4 Å². The van der Waals surface area contributed by atoms with Crippen molar-refractivity contribution >= 4 is 17.3 Å². The molecule has 0 aromatic heterocycles. The van der Waals surface area contributed by atoms with Gasteiger partial charge in [0.05, 0.1) is 0 Å². The van der Waals surface area contributed by atoms with Crippen LogP contribution in [0.3, 0.4) is 0 Å². The normalized spacial score (nSPS) is 14.1. The lowest BCUT2D eigenvalue weighted by molar-refractivity contribution is 0.102. The number of ether oxygens (including phenoxy) is 1. The molecule has 1 heterocycles. The minimum atomic E-state index is -0.103. The van der Waals surface area contributed by atoms with Crippen molar-refractivity contribution in [2.24, 2.45) is 0 Å². The Morgan fingerprint density at radius 1 is 1.15 bits per heavy atom. The quantitative estimate of drug-likeness (QED) is 0.654. The average molecular weight is 368 g/mol. The number of hydrogen-bond donors (Lipinski definition) is 3. The van der Waals surface area contributed by atoms with Crippen LogP contribution >= 0.6 is 0 Å². The molecule has 144 valence electrons. The maximum atomic E-state index is 12.6. The molecule has 0 unspecified atom stereocenters. The summed E-state index contributed by atoms with van der Waals surface area (Å²) in [6.07, 6.45) is 0. The van der Waals surface area contributed by atoms with Gasteiger partial charge in [-0.2, -0.15) is 0 Å². The second kappa shape index (κ2) is 9.39. The summed E-state index contributed by atoms with van der Waals surface area (Å²) in [5.41, 5.74) is 3.59. The number of likely N-dealkylation sites (N-methyl/N-ethyl adjacent to an activating group) is 1. The van der Waals surface area contributed by atoms with Gasteiger partial charge in [-0.15, -0.1) is 0 Å². The lowest BCUT2D eigenvalue weighted by atomic mass is 10.1. The highest BCUT2D eigenvalue weighted by atomic mass is 16.5. The zero-order chi connectivity index (χ0) is 19.1. The van der Waals surface area contributed by atoms with Gasteiger partial charge < -0.3 is 25.6 Å². The lowest BCUT2D eigenvalue weighted by Gasteiger charge is -2.29. The molecule has 0 atom stereocenters. The largest absolute Gasteiger partial charge is 0.492 e. The van der Waals surface area contributed by atoms with Crippen molar-refractivity contribution in [2.75, 3.05) is 56.6 Å². The third-order valence-electron chi connectivity index (χ3n) is 4.68. The maximum Gasteiger partial charge on any atom is 0.255 e. The first-order chi connectivity index (χ1) is 13.2. The number of amides is 1. The Balaban J connectivity index is 1.61. The van der Waals surface area contributed by atoms with Crippen LogP contribution in [0, 0.1) is 6.92 Å². The van der Waals surface area contributed by atoms with Crippen molar-refractivity contribution in [3.8, 4) is 5.75 Å². The monoisotopic (exact) mass is 368 g/mol. The third-order valence-corrected chi connectivity index (χ3v) is 4.68. The highest BCUT2D eigenvalue weighted by Gasteiger charge is 2.12. The molecule has 6 heteroatoms. The molecule has 0 saturated carbocycles. The van der Waals surface area contributed by atoms with Gasteiger partial charge in [0, 0.05) is 49.7 Å². The molecule has 1 saturated heterocycles. The number of aryl methyl sites for hydroxylation is 1. The second-order valence-electron chi connectivity index (χ2n) is 6.67. The van der Waals surface area contributed by atoms with Crippen LogP contribution in [0.2, 0.25) is 0 Å². The molecule has 1 aliphatic heterocycles. The molecular formula is C21H28N4O2. The molecule has 2 aromatic carbocycles. The Labute approximate surface area is 160 Å². The standard InChI is InChI=1S/C21H28N4O2/c1-16-15-19(27-14-11-22-2)7-8-20(16)24-21(26)17-3-5-18(6-4-17)25-12-9-23-10-13-25/h3-8,15,22-23H,9-14H2,1-2H3,(H,24,26). The van der Waals surface area contributed by atoms with E-state index in [0.717, 1.165) is 55.4 Å². The predicted octanol–water partition coefficient (Wildman–Crippen LogP) is 2.26. The van der Waals surface area contributed by atoms with Gasteiger partial charge >= 0.3 is 0 Å². The molecule has 0 spiro atoms. The molecule has 0 aliphatic carbocycles. The van der Waals surface area contributed by atoms with E-state index in [0.29, 0.717) is 12.2 Å². The van der Waals surface area contributed by atoms with Gasteiger partial charge in [-0.3, -0.25) is 4.79 Å². The Hall–Kier alpha value is -2.57. The van der Waals surface area contributed by atoms with Gasteiger partial charge in [0.2, 0.25) is 0 Å². The van der Waals surface area contributed by atoms with Crippen LogP contribution < -0.4 is 25.6 Å². The van der Waals surface area contributed by atoms with Gasteiger partial charge in [0.25, 0.3) is 5.91 Å². The average Bonchev–Trinajstić information content (AvgIpc) is 2.71. The fourth-order valence-corrected chi connectivity index (χ4v) is 3.08. The Bertz CT molecular complexity index is 755. The second-order valence-corrected chi connectivity index (χ2v) is 6.67. The van der Waals surface area contributed by atoms with Crippen LogP contribution in [0.1, 0.15) is 15.9 Å². The number of nitrogens with zero attached hydrogens (tertiary/aromatic N) is 1. The Kier molecular flexibility index (Phi) is 6.68. The number of rotatable bonds is 7. The first kappa shape index (κ1) is 19.2. The molecule has 1 aliphatic rings. The van der Waals surface area contributed by atoms with E-state index in [-0.39, 0.29) is 5.91 Å². The van der Waals surface area contributed by atoms with E-state index < -0.39 is 0 Å². The maximum absolute atomic E-state index is 12.6. The summed E-state index contributed by atoms with van der Waals surface area (Å²) >= 11 is 0. The minimum absolute atomic E-state index is 0.103. The summed E-state index contributed by atoms with van der Waals surface area (Å²) in [5, 5.41) is 9.38. The van der Waals surface area contributed by atoms with E-state index >= 15 is 0 Å². The van der Waals surface area contributed by atoms with Crippen molar-refractivity contribution in [3.05, 3.63) is 53.6 Å². The van der Waals surface area contributed by atoms with E-state index in [2.05, 4.69) is 20.9 Å². The molecule has 0 radical (unpaired) electrons. The van der Waals surface area contributed by atoms with Crippen LogP contribution in [-0.4, -0.2) is 52.3 Å². The number of carbonyl (C=O) groups excluding carboxylic acids is 1. The summed E-state index contributed by atoms with van der Waals surface area (Å²) in [6, 6.07) is 13.5. The number of hydrogen-bond acceptors (Lipinski definition) is 5. The zero-order valence-corrected chi connectivity index (χ0v) is 16.0. The van der Waals surface area contributed by atoms with Gasteiger partial charge in [0.15, 0.2) is 0 Å². The molecule has 1 amide bonds. The van der Waals surface area contributed by atoms with E-state index in [4.69, 9.17) is 4.74 Å². The first-order valence-electron chi connectivity index (χ1n) is 9.42. The summed E-state index contributed by atoms with van der Waals surface area (Å²) in [7, 11) is 1.89. The fourth-order valence-electron chi connectivity index (χ4n) is 3.08. The smallest absolute Gasteiger partial charge is 0.255 e.